The highest BCUT2D eigenvalue weighted by molar-refractivity contribution is 7.88. The van der Waals surface area contributed by atoms with Gasteiger partial charge in [0.1, 0.15) is 61.0 Å². The zero-order chi connectivity index (χ0) is 34.5. The minimum Gasteiger partial charge on any atom is -0.394 e. The van der Waals surface area contributed by atoms with Crippen molar-refractivity contribution < 1.29 is 58.7 Å². The molecule has 14 heteroatoms. The van der Waals surface area contributed by atoms with Crippen molar-refractivity contribution in [2.45, 2.75) is 79.3 Å². The van der Waals surface area contributed by atoms with Gasteiger partial charge in [0.2, 0.25) is 10.0 Å². The standard InChI is InChI=1S/C34H39NO12S/c1-48(44,45)35-12-10-34(11-13-35)22-14-18(4-8-24-28(38)32(42)30(40)26(16-36)46-24)2-6-20(22)21-7-3-19(15-23(21)34)5-9-25-29(39)33(43)31(41)27(17-37)47-25/h2-3,6-7,14-15,24-33,36-43H,10-13,16-17H2,1H3/t24-,25-,26-,27-,28-,29+,30-,31-,32-,33-/m1/s1. The molecule has 3 fully saturated rings. The van der Waals surface area contributed by atoms with Gasteiger partial charge in [0.15, 0.2) is 0 Å². The van der Waals surface area contributed by atoms with Gasteiger partial charge < -0.3 is 50.3 Å². The van der Waals surface area contributed by atoms with Crippen molar-refractivity contribution >= 4 is 10.0 Å². The van der Waals surface area contributed by atoms with E-state index in [-0.39, 0.29) is 13.1 Å². The molecule has 0 unspecified atom stereocenters. The maximum atomic E-state index is 12.4. The van der Waals surface area contributed by atoms with E-state index in [4.69, 9.17) is 9.47 Å². The Morgan fingerprint density at radius 3 is 1.50 bits per heavy atom. The SMILES string of the molecule is CS(=O)(=O)N1CCC2(CC1)c1cc(C#C[C@H]3O[C@H](CO)[C@@H](O)[C@H](O)[C@H]3O)ccc1-c1ccc(C#C[C@H]3O[C@H](CO)[C@@H](O)[C@H](O)[C@@H]3O)cc12. The number of piperidine rings is 1. The predicted octanol–water partition coefficient (Wildman–Crippen LogP) is -2.60. The number of rotatable bonds is 3. The van der Waals surface area contributed by atoms with Gasteiger partial charge in [-0.1, -0.05) is 35.8 Å². The molecule has 3 aliphatic heterocycles. The van der Waals surface area contributed by atoms with E-state index in [9.17, 15) is 49.3 Å². The van der Waals surface area contributed by atoms with E-state index in [0.29, 0.717) is 24.0 Å². The van der Waals surface area contributed by atoms with Crippen molar-refractivity contribution in [3.8, 4) is 34.8 Å². The normalized spacial score (nSPS) is 34.4. The third-order valence-corrected chi connectivity index (χ3v) is 11.2. The van der Waals surface area contributed by atoms with E-state index in [1.807, 2.05) is 24.3 Å². The van der Waals surface area contributed by atoms with Crippen LogP contribution in [0.4, 0.5) is 0 Å². The molecule has 2 aromatic rings. The van der Waals surface area contributed by atoms with Crippen molar-refractivity contribution in [1.29, 1.82) is 0 Å². The van der Waals surface area contributed by atoms with Crippen molar-refractivity contribution in [3.05, 3.63) is 58.7 Å². The first kappa shape index (κ1) is 34.9. The molecule has 1 aliphatic carbocycles. The van der Waals surface area contributed by atoms with Crippen LogP contribution in [-0.2, 0) is 24.9 Å². The molecule has 0 amide bonds. The molecule has 0 radical (unpaired) electrons. The molecular weight excluding hydrogens is 646 g/mol. The van der Waals surface area contributed by atoms with Crippen LogP contribution in [0.25, 0.3) is 11.1 Å². The monoisotopic (exact) mass is 685 g/mol. The molecule has 10 atom stereocenters. The van der Waals surface area contributed by atoms with Crippen LogP contribution < -0.4 is 0 Å². The summed E-state index contributed by atoms with van der Waals surface area (Å²) in [6, 6.07) is 11.3. The van der Waals surface area contributed by atoms with Gasteiger partial charge in [0.05, 0.1) is 19.5 Å². The summed E-state index contributed by atoms with van der Waals surface area (Å²) in [5, 5.41) is 80.4. The Morgan fingerprint density at radius 1 is 0.708 bits per heavy atom. The van der Waals surface area contributed by atoms with Gasteiger partial charge in [-0.05, 0) is 59.4 Å². The van der Waals surface area contributed by atoms with Crippen molar-refractivity contribution in [2.75, 3.05) is 32.6 Å². The molecule has 8 N–H and O–H groups in total. The lowest BCUT2D eigenvalue weighted by Gasteiger charge is -2.40. The van der Waals surface area contributed by atoms with Gasteiger partial charge in [0.25, 0.3) is 0 Å². The Morgan fingerprint density at radius 2 is 1.12 bits per heavy atom. The molecule has 3 saturated heterocycles. The average Bonchev–Trinajstić information content (AvgIpc) is 3.33. The number of hydrogen-bond acceptors (Lipinski definition) is 12. The fraction of sp³-hybridized carbons (Fsp3) is 0.529. The van der Waals surface area contributed by atoms with Gasteiger partial charge in [-0.3, -0.25) is 0 Å². The second kappa shape index (κ2) is 13.4. The zero-order valence-corrected chi connectivity index (χ0v) is 26.9. The second-order valence-electron chi connectivity index (χ2n) is 12.8. The summed E-state index contributed by atoms with van der Waals surface area (Å²) in [4.78, 5) is 0. The summed E-state index contributed by atoms with van der Waals surface area (Å²) in [5.74, 6) is 11.6. The Labute approximate surface area is 278 Å². The van der Waals surface area contributed by atoms with Gasteiger partial charge in [-0.15, -0.1) is 0 Å². The lowest BCUT2D eigenvalue weighted by atomic mass is 9.71. The fourth-order valence-electron chi connectivity index (χ4n) is 7.14. The highest BCUT2D eigenvalue weighted by Crippen LogP contribution is 2.54. The molecule has 48 heavy (non-hydrogen) atoms. The topological polar surface area (TPSA) is 218 Å². The molecule has 13 nitrogen and oxygen atoms in total. The van der Waals surface area contributed by atoms with E-state index >= 15 is 0 Å². The molecule has 4 aliphatic rings. The summed E-state index contributed by atoms with van der Waals surface area (Å²) < 4.78 is 37.4. The highest BCUT2D eigenvalue weighted by atomic mass is 32.2. The van der Waals surface area contributed by atoms with E-state index < -0.39 is 89.7 Å². The summed E-state index contributed by atoms with van der Waals surface area (Å²) in [6.07, 6.45) is -11.5. The number of ether oxygens (including phenoxy) is 2. The van der Waals surface area contributed by atoms with Crippen molar-refractivity contribution in [3.63, 3.8) is 0 Å². The van der Waals surface area contributed by atoms with Crippen LogP contribution in [0.5, 0.6) is 0 Å². The summed E-state index contributed by atoms with van der Waals surface area (Å²) in [6.45, 7) is -0.581. The number of fused-ring (bicyclic) bond motifs is 5. The number of benzene rings is 2. The fourth-order valence-corrected chi connectivity index (χ4v) is 7.99. The Bertz CT molecular complexity index is 1660. The molecule has 1 spiro atoms. The maximum Gasteiger partial charge on any atom is 0.211 e. The number of sulfonamides is 1. The Hall–Kier alpha value is -2.93. The number of aliphatic hydroxyl groups is 8. The van der Waals surface area contributed by atoms with Crippen LogP contribution in [0.1, 0.15) is 35.1 Å². The number of hydrogen-bond donors (Lipinski definition) is 8. The first-order valence-corrected chi connectivity index (χ1v) is 17.5. The maximum absolute atomic E-state index is 12.4. The lowest BCUT2D eigenvalue weighted by Crippen LogP contribution is -2.58. The molecule has 6 rings (SSSR count). The smallest absolute Gasteiger partial charge is 0.211 e. The second-order valence-corrected chi connectivity index (χ2v) is 14.8. The third-order valence-electron chi connectivity index (χ3n) is 9.91. The predicted molar refractivity (Wildman–Crippen MR) is 170 cm³/mol. The van der Waals surface area contributed by atoms with Crippen molar-refractivity contribution in [2.24, 2.45) is 0 Å². The van der Waals surface area contributed by atoms with Crippen LogP contribution in [0.15, 0.2) is 36.4 Å². The van der Waals surface area contributed by atoms with E-state index in [0.717, 1.165) is 22.3 Å². The molecule has 258 valence electrons. The van der Waals surface area contributed by atoms with Crippen molar-refractivity contribution in [1.82, 2.24) is 4.31 Å². The van der Waals surface area contributed by atoms with E-state index in [1.165, 1.54) is 10.6 Å². The molecule has 3 heterocycles. The Balaban J connectivity index is 1.35. The summed E-state index contributed by atoms with van der Waals surface area (Å²) in [5.41, 5.74) is 4.29. The first-order valence-electron chi connectivity index (χ1n) is 15.7. The van der Waals surface area contributed by atoms with Crippen LogP contribution in [0.2, 0.25) is 0 Å². The average molecular weight is 686 g/mol. The van der Waals surface area contributed by atoms with E-state index in [2.05, 4.69) is 23.7 Å². The zero-order valence-electron chi connectivity index (χ0n) is 26.0. The van der Waals surface area contributed by atoms with Gasteiger partial charge in [0, 0.05) is 29.6 Å². The van der Waals surface area contributed by atoms with Gasteiger partial charge in [-0.2, -0.15) is 0 Å². The summed E-state index contributed by atoms with van der Waals surface area (Å²) >= 11 is 0. The van der Waals surface area contributed by atoms with Crippen LogP contribution >= 0.6 is 0 Å². The van der Waals surface area contributed by atoms with Gasteiger partial charge >= 0.3 is 0 Å². The Kier molecular flexibility index (Phi) is 9.76. The largest absolute Gasteiger partial charge is 0.394 e. The van der Waals surface area contributed by atoms with E-state index in [1.54, 1.807) is 12.1 Å². The van der Waals surface area contributed by atoms with Gasteiger partial charge in [-0.25, -0.2) is 12.7 Å². The van der Waals surface area contributed by atoms with Crippen LogP contribution in [-0.4, -0.2) is 147 Å². The highest BCUT2D eigenvalue weighted by Gasteiger charge is 2.47. The summed E-state index contributed by atoms with van der Waals surface area (Å²) in [7, 11) is -3.42. The number of aliphatic hydroxyl groups excluding tert-OH is 8. The minimum absolute atomic E-state index is 0.277. The van der Waals surface area contributed by atoms with Crippen LogP contribution in [0.3, 0.4) is 0 Å². The molecule has 0 aromatic heterocycles. The van der Waals surface area contributed by atoms with Crippen LogP contribution in [0, 0.1) is 23.7 Å². The quantitative estimate of drug-likeness (QED) is 0.156. The first-order chi connectivity index (χ1) is 22.8. The number of nitrogens with zero attached hydrogens (tertiary/aromatic N) is 1. The molecule has 0 saturated carbocycles. The molecular formula is C34H39NO12S. The molecule has 0 bridgehead atoms. The molecule has 2 aromatic carbocycles. The lowest BCUT2D eigenvalue weighted by molar-refractivity contribution is -0.214. The third kappa shape index (κ3) is 6.18. The minimum atomic E-state index is -3.42.